The molecule has 1 N–H and O–H groups in total. The van der Waals surface area contributed by atoms with E-state index >= 15 is 0 Å². The van der Waals surface area contributed by atoms with E-state index < -0.39 is 12.1 Å². The normalized spacial score (nSPS) is 10.5. The first-order valence-corrected chi connectivity index (χ1v) is 4.60. The molecule has 0 aliphatic heterocycles. The van der Waals surface area contributed by atoms with Gasteiger partial charge in [0.05, 0.1) is 12.3 Å². The fourth-order valence-corrected chi connectivity index (χ4v) is 0.689. The Hall–Kier alpha value is -1.79. The fraction of sp³-hybridized carbons (Fsp3) is 0.400. The van der Waals surface area contributed by atoms with Crippen molar-refractivity contribution in [3.05, 3.63) is 24.5 Å². The van der Waals surface area contributed by atoms with Crippen LogP contribution in [0.3, 0.4) is 0 Å². The third kappa shape index (κ3) is 8.06. The molecule has 0 atom stereocenters. The molecular formula is C10H12F3NO3. The molecule has 1 heterocycles. The van der Waals surface area contributed by atoms with Crippen LogP contribution in [0.2, 0.25) is 0 Å². The highest BCUT2D eigenvalue weighted by molar-refractivity contribution is 5.73. The van der Waals surface area contributed by atoms with Crippen LogP contribution in [-0.4, -0.2) is 28.3 Å². The number of hydrogen-bond donors (Lipinski definition) is 1. The van der Waals surface area contributed by atoms with Crippen LogP contribution < -0.4 is 4.74 Å². The van der Waals surface area contributed by atoms with Crippen LogP contribution in [0, 0.1) is 0 Å². The molecule has 0 bridgehead atoms. The van der Waals surface area contributed by atoms with Gasteiger partial charge in [-0.2, -0.15) is 13.2 Å². The first-order valence-electron chi connectivity index (χ1n) is 4.60. The Balaban J connectivity index is 0.000000325. The number of carboxylic acids is 1. The fourth-order valence-electron chi connectivity index (χ4n) is 0.689. The maximum absolute atomic E-state index is 10.6. The van der Waals surface area contributed by atoms with Crippen molar-refractivity contribution >= 4 is 5.97 Å². The Bertz CT molecular complexity index is 338. The van der Waals surface area contributed by atoms with Crippen LogP contribution in [0.5, 0.6) is 5.75 Å². The number of halogens is 3. The molecule has 0 radical (unpaired) electrons. The molecule has 96 valence electrons. The van der Waals surface area contributed by atoms with Gasteiger partial charge < -0.3 is 9.84 Å². The number of ether oxygens (including phenoxy) is 1. The second-order valence-electron chi connectivity index (χ2n) is 3.16. The molecule has 7 heteroatoms. The van der Waals surface area contributed by atoms with Gasteiger partial charge in [0.2, 0.25) is 0 Å². The Kier molecular flexibility index (Phi) is 6.01. The van der Waals surface area contributed by atoms with Gasteiger partial charge >= 0.3 is 12.1 Å². The summed E-state index contributed by atoms with van der Waals surface area (Å²) in [5, 5.41) is 7.12. The molecule has 0 aromatic carbocycles. The number of aliphatic carboxylic acids is 1. The van der Waals surface area contributed by atoms with Gasteiger partial charge in [-0.3, -0.25) is 4.98 Å². The molecule has 1 aromatic rings. The van der Waals surface area contributed by atoms with Crippen molar-refractivity contribution in [1.29, 1.82) is 0 Å². The van der Waals surface area contributed by atoms with Crippen LogP contribution in [0.25, 0.3) is 0 Å². The summed E-state index contributed by atoms with van der Waals surface area (Å²) >= 11 is 0. The number of alkyl halides is 3. The summed E-state index contributed by atoms with van der Waals surface area (Å²) in [5.41, 5.74) is 0. The zero-order valence-corrected chi connectivity index (χ0v) is 9.23. The Labute approximate surface area is 96.0 Å². The molecule has 1 rings (SSSR count). The molecule has 0 saturated carbocycles. The van der Waals surface area contributed by atoms with Crippen LogP contribution >= 0.6 is 0 Å². The number of nitrogens with zero attached hydrogens (tertiary/aromatic N) is 1. The first-order chi connectivity index (χ1) is 7.73. The van der Waals surface area contributed by atoms with Crippen LogP contribution in [0.4, 0.5) is 13.2 Å². The summed E-state index contributed by atoms with van der Waals surface area (Å²) in [6, 6.07) is 3.75. The van der Waals surface area contributed by atoms with E-state index in [4.69, 9.17) is 14.6 Å². The molecular weight excluding hydrogens is 239 g/mol. The van der Waals surface area contributed by atoms with E-state index in [1.165, 1.54) is 0 Å². The molecule has 0 spiro atoms. The standard InChI is InChI=1S/C8H11NO.C2HF3O2/c1-7(2)10-8-4-3-5-9-6-8;3-2(4,5)1(6)7/h3-7H,1-2H3;(H,6,7). The van der Waals surface area contributed by atoms with E-state index in [9.17, 15) is 13.2 Å². The smallest absolute Gasteiger partial charge is 0.489 e. The number of pyridine rings is 1. The molecule has 0 aliphatic carbocycles. The minimum Gasteiger partial charge on any atom is -0.489 e. The summed E-state index contributed by atoms with van der Waals surface area (Å²) in [5.74, 6) is -1.93. The van der Waals surface area contributed by atoms with Gasteiger partial charge in [-0.15, -0.1) is 0 Å². The van der Waals surface area contributed by atoms with Crippen molar-refractivity contribution in [2.75, 3.05) is 0 Å². The van der Waals surface area contributed by atoms with Crippen molar-refractivity contribution in [1.82, 2.24) is 4.98 Å². The summed E-state index contributed by atoms with van der Waals surface area (Å²) in [4.78, 5) is 12.8. The van der Waals surface area contributed by atoms with Crippen molar-refractivity contribution < 1.29 is 27.8 Å². The number of aromatic nitrogens is 1. The number of rotatable bonds is 2. The second-order valence-corrected chi connectivity index (χ2v) is 3.16. The predicted molar refractivity (Wildman–Crippen MR) is 53.7 cm³/mol. The summed E-state index contributed by atoms with van der Waals surface area (Å²) in [6.07, 6.45) is -1.42. The molecule has 0 unspecified atom stereocenters. The highest BCUT2D eigenvalue weighted by Gasteiger charge is 2.38. The van der Waals surface area contributed by atoms with Gasteiger partial charge in [0.15, 0.2) is 0 Å². The van der Waals surface area contributed by atoms with Crippen LogP contribution in [0.15, 0.2) is 24.5 Å². The highest BCUT2D eigenvalue weighted by Crippen LogP contribution is 2.13. The molecule has 0 saturated heterocycles. The average Bonchev–Trinajstić information content (AvgIpc) is 2.17. The van der Waals surface area contributed by atoms with Gasteiger partial charge in [-0.25, -0.2) is 4.79 Å². The van der Waals surface area contributed by atoms with E-state index in [1.807, 2.05) is 26.0 Å². The largest absolute Gasteiger partial charge is 0.490 e. The van der Waals surface area contributed by atoms with E-state index in [-0.39, 0.29) is 6.10 Å². The van der Waals surface area contributed by atoms with Crippen molar-refractivity contribution in [2.45, 2.75) is 26.1 Å². The topological polar surface area (TPSA) is 59.4 Å². The highest BCUT2D eigenvalue weighted by atomic mass is 19.4. The van der Waals surface area contributed by atoms with E-state index in [2.05, 4.69) is 4.98 Å². The zero-order valence-electron chi connectivity index (χ0n) is 9.23. The van der Waals surface area contributed by atoms with Crippen molar-refractivity contribution in [2.24, 2.45) is 0 Å². The zero-order chi connectivity index (χ0) is 13.5. The Morgan fingerprint density at radius 1 is 1.47 bits per heavy atom. The molecule has 0 aliphatic rings. The van der Waals surface area contributed by atoms with E-state index in [0.29, 0.717) is 0 Å². The summed E-state index contributed by atoms with van der Waals surface area (Å²) < 4.78 is 37.1. The van der Waals surface area contributed by atoms with Crippen molar-refractivity contribution in [3.63, 3.8) is 0 Å². The number of carbonyl (C=O) groups is 1. The SMILES string of the molecule is CC(C)Oc1cccnc1.O=C(O)C(F)(F)F. The molecule has 17 heavy (non-hydrogen) atoms. The van der Waals surface area contributed by atoms with Gasteiger partial charge in [0.1, 0.15) is 5.75 Å². The maximum atomic E-state index is 10.6. The number of hydrogen-bond acceptors (Lipinski definition) is 3. The molecule has 1 aromatic heterocycles. The van der Waals surface area contributed by atoms with Gasteiger partial charge in [-0.1, -0.05) is 0 Å². The van der Waals surface area contributed by atoms with E-state index in [1.54, 1.807) is 12.4 Å². The quantitative estimate of drug-likeness (QED) is 0.877. The summed E-state index contributed by atoms with van der Waals surface area (Å²) in [6.45, 7) is 3.99. The van der Waals surface area contributed by atoms with E-state index in [0.717, 1.165) is 5.75 Å². The summed E-state index contributed by atoms with van der Waals surface area (Å²) in [7, 11) is 0. The first kappa shape index (κ1) is 15.2. The Morgan fingerprint density at radius 3 is 2.29 bits per heavy atom. The monoisotopic (exact) mass is 251 g/mol. The Morgan fingerprint density at radius 2 is 2.00 bits per heavy atom. The van der Waals surface area contributed by atoms with Crippen LogP contribution in [-0.2, 0) is 4.79 Å². The lowest BCUT2D eigenvalue weighted by atomic mass is 10.4. The van der Waals surface area contributed by atoms with Gasteiger partial charge in [-0.05, 0) is 26.0 Å². The van der Waals surface area contributed by atoms with Gasteiger partial charge in [0.25, 0.3) is 0 Å². The minimum atomic E-state index is -5.08. The third-order valence-corrected chi connectivity index (χ3v) is 1.25. The van der Waals surface area contributed by atoms with Crippen LogP contribution in [0.1, 0.15) is 13.8 Å². The lowest BCUT2D eigenvalue weighted by Crippen LogP contribution is -2.21. The predicted octanol–water partition coefficient (Wildman–Crippen LogP) is 2.50. The maximum Gasteiger partial charge on any atom is 0.490 e. The lowest BCUT2D eigenvalue weighted by Gasteiger charge is -2.07. The molecule has 0 amide bonds. The van der Waals surface area contributed by atoms with Crippen molar-refractivity contribution in [3.8, 4) is 5.75 Å². The molecule has 4 nitrogen and oxygen atoms in total. The molecule has 0 fully saturated rings. The van der Waals surface area contributed by atoms with Gasteiger partial charge in [0, 0.05) is 6.20 Å². The lowest BCUT2D eigenvalue weighted by molar-refractivity contribution is -0.192. The third-order valence-electron chi connectivity index (χ3n) is 1.25. The number of carboxylic acid groups (broad SMARTS) is 1. The minimum absolute atomic E-state index is 0.226. The second kappa shape index (κ2) is 6.72. The average molecular weight is 251 g/mol.